The summed E-state index contributed by atoms with van der Waals surface area (Å²) in [7, 11) is 0. The molecule has 0 amide bonds. The summed E-state index contributed by atoms with van der Waals surface area (Å²) in [6, 6.07) is 2.39. The van der Waals surface area contributed by atoms with Crippen molar-refractivity contribution in [2.45, 2.75) is 77.7 Å². The van der Waals surface area contributed by atoms with Gasteiger partial charge in [0.05, 0.1) is 6.61 Å². The molecule has 0 aromatic carbocycles. The van der Waals surface area contributed by atoms with Crippen LogP contribution in [0.3, 0.4) is 0 Å². The van der Waals surface area contributed by atoms with E-state index in [4.69, 9.17) is 9.47 Å². The number of carbonyl (C=O) groups excluding carboxylic acids is 2. The molecule has 3 saturated carbocycles. The number of ketones is 1. The quantitative estimate of drug-likeness (QED) is 0.628. The third-order valence-electron chi connectivity index (χ3n) is 8.78. The minimum atomic E-state index is -1.09. The number of hydrogen-bond donors (Lipinski definition) is 0. The van der Waals surface area contributed by atoms with Crippen molar-refractivity contribution < 1.29 is 19.1 Å². The lowest BCUT2D eigenvalue weighted by atomic mass is 9.46. The lowest BCUT2D eigenvalue weighted by Gasteiger charge is -2.58. The molecule has 4 aliphatic carbocycles. The van der Waals surface area contributed by atoms with Gasteiger partial charge in [0, 0.05) is 18.3 Å². The van der Waals surface area contributed by atoms with Crippen molar-refractivity contribution in [3.63, 3.8) is 0 Å². The van der Waals surface area contributed by atoms with Crippen LogP contribution in [-0.4, -0.2) is 24.1 Å². The van der Waals surface area contributed by atoms with E-state index in [2.05, 4.69) is 19.9 Å². The van der Waals surface area contributed by atoms with Crippen molar-refractivity contribution in [1.29, 1.82) is 5.26 Å². The zero-order chi connectivity index (χ0) is 20.2. The highest BCUT2D eigenvalue weighted by Gasteiger charge is 2.66. The Bertz CT molecular complexity index is 767. The van der Waals surface area contributed by atoms with Crippen LogP contribution in [0.4, 0.5) is 4.79 Å². The normalized spacial score (nSPS) is 44.4. The second-order valence-corrected chi connectivity index (χ2v) is 9.69. The molecule has 5 nitrogen and oxygen atoms in total. The van der Waals surface area contributed by atoms with E-state index in [-0.39, 0.29) is 23.2 Å². The Morgan fingerprint density at radius 1 is 1.18 bits per heavy atom. The van der Waals surface area contributed by atoms with E-state index in [0.717, 1.165) is 38.5 Å². The van der Waals surface area contributed by atoms with Gasteiger partial charge in [0.25, 0.3) is 0 Å². The zero-order valence-electron chi connectivity index (χ0n) is 17.3. The van der Waals surface area contributed by atoms with Crippen molar-refractivity contribution in [2.75, 3.05) is 6.61 Å². The Labute approximate surface area is 167 Å². The fourth-order valence-corrected chi connectivity index (χ4v) is 7.22. The molecule has 4 aliphatic rings. The second kappa shape index (κ2) is 6.61. The molecule has 28 heavy (non-hydrogen) atoms. The Balaban J connectivity index is 1.64. The van der Waals surface area contributed by atoms with Crippen LogP contribution in [0.2, 0.25) is 0 Å². The minimum Gasteiger partial charge on any atom is -0.435 e. The van der Waals surface area contributed by atoms with Gasteiger partial charge in [-0.15, -0.1) is 0 Å². The fraction of sp³-hybridized carbons (Fsp3) is 0.783. The lowest BCUT2D eigenvalue weighted by Crippen LogP contribution is -2.55. The third-order valence-corrected chi connectivity index (χ3v) is 8.78. The van der Waals surface area contributed by atoms with Gasteiger partial charge in [-0.2, -0.15) is 5.26 Å². The second-order valence-electron chi connectivity index (χ2n) is 9.69. The van der Waals surface area contributed by atoms with Crippen LogP contribution in [0.5, 0.6) is 0 Å². The summed E-state index contributed by atoms with van der Waals surface area (Å²) in [5, 5.41) is 10.1. The van der Waals surface area contributed by atoms with E-state index in [0.29, 0.717) is 30.6 Å². The van der Waals surface area contributed by atoms with Gasteiger partial charge in [-0.25, -0.2) is 4.79 Å². The van der Waals surface area contributed by atoms with Crippen LogP contribution in [0, 0.1) is 39.9 Å². The molecule has 152 valence electrons. The molecule has 0 aromatic rings. The molecule has 0 heterocycles. The largest absolute Gasteiger partial charge is 0.509 e. The highest BCUT2D eigenvalue weighted by atomic mass is 16.7. The van der Waals surface area contributed by atoms with E-state index in [1.165, 1.54) is 5.57 Å². The van der Waals surface area contributed by atoms with Gasteiger partial charge in [-0.1, -0.05) is 19.4 Å². The molecule has 6 atom stereocenters. The van der Waals surface area contributed by atoms with Gasteiger partial charge in [0.2, 0.25) is 5.60 Å². The topological polar surface area (TPSA) is 76.4 Å². The van der Waals surface area contributed by atoms with Gasteiger partial charge in [0.15, 0.2) is 5.78 Å². The minimum absolute atomic E-state index is 0.109. The number of hydrogen-bond acceptors (Lipinski definition) is 5. The standard InChI is InChI=1S/C23H31NO4/c1-4-27-20(26)28-23(14-24)12-9-19-17-6-5-15-13-16(25)7-10-21(15,2)18(17)8-11-22(19,23)3/h13,17-19H,4-12H2,1-3H3/t17-,18+,19+,21+,22+,23+/m1/s1. The van der Waals surface area contributed by atoms with Gasteiger partial charge in [-0.3, -0.25) is 4.79 Å². The predicted octanol–water partition coefficient (Wildman–Crippen LogP) is 4.95. The maximum Gasteiger partial charge on any atom is 0.509 e. The Kier molecular flexibility index (Phi) is 4.60. The Hall–Kier alpha value is -1.83. The first kappa shape index (κ1) is 19.5. The van der Waals surface area contributed by atoms with Crippen LogP contribution in [0.25, 0.3) is 0 Å². The van der Waals surface area contributed by atoms with E-state index >= 15 is 0 Å². The number of allylic oxidation sites excluding steroid dienone is 1. The van der Waals surface area contributed by atoms with E-state index in [1.54, 1.807) is 6.92 Å². The number of nitrogens with zero attached hydrogens (tertiary/aromatic N) is 1. The monoisotopic (exact) mass is 385 g/mol. The lowest BCUT2D eigenvalue weighted by molar-refractivity contribution is -0.122. The maximum absolute atomic E-state index is 12.1. The number of rotatable bonds is 2. The third kappa shape index (κ3) is 2.56. The average Bonchev–Trinajstić information content (AvgIpc) is 2.95. The van der Waals surface area contributed by atoms with Crippen LogP contribution < -0.4 is 0 Å². The summed E-state index contributed by atoms with van der Waals surface area (Å²) >= 11 is 0. The molecule has 0 N–H and O–H groups in total. The average molecular weight is 386 g/mol. The molecular weight excluding hydrogens is 354 g/mol. The molecular formula is C23H31NO4. The summed E-state index contributed by atoms with van der Waals surface area (Å²) < 4.78 is 10.7. The molecule has 4 rings (SSSR count). The van der Waals surface area contributed by atoms with Gasteiger partial charge >= 0.3 is 6.16 Å². The predicted molar refractivity (Wildman–Crippen MR) is 103 cm³/mol. The van der Waals surface area contributed by atoms with E-state index in [9.17, 15) is 14.9 Å². The number of carbonyl (C=O) groups is 2. The van der Waals surface area contributed by atoms with Gasteiger partial charge in [0.1, 0.15) is 6.07 Å². The number of fused-ring (bicyclic) bond motifs is 5. The van der Waals surface area contributed by atoms with Crippen molar-refractivity contribution >= 4 is 11.9 Å². The number of ether oxygens (including phenoxy) is 2. The molecule has 5 heteroatoms. The van der Waals surface area contributed by atoms with Gasteiger partial charge < -0.3 is 9.47 Å². The molecule has 0 bridgehead atoms. The summed E-state index contributed by atoms with van der Waals surface area (Å²) in [6.45, 7) is 6.50. The first-order chi connectivity index (χ1) is 13.3. The Morgan fingerprint density at radius 3 is 2.64 bits per heavy atom. The molecule has 0 radical (unpaired) electrons. The SMILES string of the molecule is CCOC(=O)O[C@]1(C#N)CC[C@H]2[C@@H]3CCC4=CC(=O)CC[C@]4(C)[C@H]3CC[C@@]21C. The van der Waals surface area contributed by atoms with Crippen LogP contribution >= 0.6 is 0 Å². The highest BCUT2D eigenvalue weighted by molar-refractivity contribution is 5.91. The van der Waals surface area contributed by atoms with Crippen LogP contribution in [0.15, 0.2) is 11.6 Å². The van der Waals surface area contributed by atoms with Crippen molar-refractivity contribution in [3.8, 4) is 6.07 Å². The molecule has 0 aromatic heterocycles. The summed E-state index contributed by atoms with van der Waals surface area (Å²) in [5.74, 6) is 1.72. The first-order valence-electron chi connectivity index (χ1n) is 10.8. The zero-order valence-corrected chi connectivity index (χ0v) is 17.3. The highest BCUT2D eigenvalue weighted by Crippen LogP contribution is 2.68. The molecule has 0 spiro atoms. The van der Waals surface area contributed by atoms with Crippen LogP contribution in [-0.2, 0) is 14.3 Å². The molecule has 0 saturated heterocycles. The number of nitriles is 1. The van der Waals surface area contributed by atoms with Crippen molar-refractivity contribution in [1.82, 2.24) is 0 Å². The van der Waals surface area contributed by atoms with E-state index in [1.807, 2.05) is 6.08 Å². The van der Waals surface area contributed by atoms with Gasteiger partial charge in [-0.05, 0) is 74.7 Å². The summed E-state index contributed by atoms with van der Waals surface area (Å²) in [6.07, 6.45) is 8.26. The van der Waals surface area contributed by atoms with Crippen LogP contribution in [0.1, 0.15) is 72.1 Å². The maximum atomic E-state index is 12.1. The van der Waals surface area contributed by atoms with E-state index < -0.39 is 11.8 Å². The summed E-state index contributed by atoms with van der Waals surface area (Å²) in [5.41, 5.74) is 0.0328. The molecule has 3 fully saturated rings. The summed E-state index contributed by atoms with van der Waals surface area (Å²) in [4.78, 5) is 24.1. The fourth-order valence-electron chi connectivity index (χ4n) is 7.22. The first-order valence-corrected chi connectivity index (χ1v) is 10.8. The molecule has 0 unspecified atom stereocenters. The van der Waals surface area contributed by atoms with Crippen molar-refractivity contribution in [2.24, 2.45) is 28.6 Å². The molecule has 0 aliphatic heterocycles. The smallest absolute Gasteiger partial charge is 0.435 e. The van der Waals surface area contributed by atoms with Crippen molar-refractivity contribution in [3.05, 3.63) is 11.6 Å². The Morgan fingerprint density at radius 2 is 1.93 bits per heavy atom.